The Hall–Kier alpha value is -1.62. The van der Waals surface area contributed by atoms with Crippen LogP contribution >= 0.6 is 11.3 Å². The number of pyridine rings is 1. The highest BCUT2D eigenvalue weighted by molar-refractivity contribution is 7.13. The SMILES string of the molecule is Cc1cnc(Nc2nc(C)cs2)c(N)c1. The van der Waals surface area contributed by atoms with E-state index >= 15 is 0 Å². The second-order valence-corrected chi connectivity index (χ2v) is 4.23. The van der Waals surface area contributed by atoms with E-state index in [-0.39, 0.29) is 0 Å². The number of hydrogen-bond donors (Lipinski definition) is 2. The number of thiazole rings is 1. The summed E-state index contributed by atoms with van der Waals surface area (Å²) >= 11 is 1.54. The molecule has 0 spiro atoms. The molecule has 0 saturated carbocycles. The highest BCUT2D eigenvalue weighted by Crippen LogP contribution is 2.23. The molecule has 0 amide bonds. The summed E-state index contributed by atoms with van der Waals surface area (Å²) < 4.78 is 0. The van der Waals surface area contributed by atoms with Gasteiger partial charge in [0.1, 0.15) is 0 Å². The lowest BCUT2D eigenvalue weighted by Gasteiger charge is -2.05. The first-order valence-corrected chi connectivity index (χ1v) is 5.44. The average molecular weight is 220 g/mol. The van der Waals surface area contributed by atoms with E-state index in [9.17, 15) is 0 Å². The van der Waals surface area contributed by atoms with Crippen LogP contribution < -0.4 is 11.1 Å². The maximum absolute atomic E-state index is 5.83. The van der Waals surface area contributed by atoms with E-state index in [1.54, 1.807) is 6.20 Å². The number of aromatic nitrogens is 2. The molecule has 2 rings (SSSR count). The van der Waals surface area contributed by atoms with Gasteiger partial charge in [-0.2, -0.15) is 0 Å². The molecule has 0 bridgehead atoms. The van der Waals surface area contributed by atoms with Gasteiger partial charge in [-0.25, -0.2) is 9.97 Å². The highest BCUT2D eigenvalue weighted by Gasteiger charge is 2.03. The molecule has 0 aliphatic carbocycles. The molecule has 0 aliphatic heterocycles. The molecule has 0 fully saturated rings. The van der Waals surface area contributed by atoms with Crippen LogP contribution in [0.5, 0.6) is 0 Å². The summed E-state index contributed by atoms with van der Waals surface area (Å²) in [5.74, 6) is 0.662. The van der Waals surface area contributed by atoms with Crippen LogP contribution in [0.2, 0.25) is 0 Å². The van der Waals surface area contributed by atoms with Gasteiger partial charge in [0.05, 0.1) is 11.4 Å². The van der Waals surface area contributed by atoms with E-state index in [2.05, 4.69) is 15.3 Å². The van der Waals surface area contributed by atoms with Crippen molar-refractivity contribution in [2.75, 3.05) is 11.1 Å². The summed E-state index contributed by atoms with van der Waals surface area (Å²) in [4.78, 5) is 8.49. The van der Waals surface area contributed by atoms with Gasteiger partial charge in [-0.15, -0.1) is 11.3 Å². The van der Waals surface area contributed by atoms with Gasteiger partial charge in [-0.1, -0.05) is 0 Å². The van der Waals surface area contributed by atoms with E-state index in [4.69, 9.17) is 5.73 Å². The first-order valence-electron chi connectivity index (χ1n) is 4.56. The molecule has 4 nitrogen and oxygen atoms in total. The Morgan fingerprint density at radius 3 is 2.80 bits per heavy atom. The second-order valence-electron chi connectivity index (χ2n) is 3.37. The van der Waals surface area contributed by atoms with Crippen LogP contribution in [0.1, 0.15) is 11.3 Å². The molecular weight excluding hydrogens is 208 g/mol. The Morgan fingerprint density at radius 2 is 2.20 bits per heavy atom. The fourth-order valence-electron chi connectivity index (χ4n) is 1.21. The van der Waals surface area contributed by atoms with Crippen LogP contribution in [0.3, 0.4) is 0 Å². The lowest BCUT2D eigenvalue weighted by molar-refractivity contribution is 1.22. The van der Waals surface area contributed by atoms with Crippen molar-refractivity contribution in [1.82, 2.24) is 9.97 Å². The van der Waals surface area contributed by atoms with Gasteiger partial charge >= 0.3 is 0 Å². The Balaban J connectivity index is 2.24. The van der Waals surface area contributed by atoms with Gasteiger partial charge in [0.2, 0.25) is 0 Å². The van der Waals surface area contributed by atoms with E-state index in [1.165, 1.54) is 11.3 Å². The highest BCUT2D eigenvalue weighted by atomic mass is 32.1. The van der Waals surface area contributed by atoms with E-state index in [0.717, 1.165) is 16.4 Å². The van der Waals surface area contributed by atoms with Crippen LogP contribution in [0.4, 0.5) is 16.6 Å². The molecule has 0 aliphatic rings. The molecule has 5 heteroatoms. The van der Waals surface area contributed by atoms with Gasteiger partial charge in [-0.05, 0) is 25.5 Å². The van der Waals surface area contributed by atoms with Crippen LogP contribution in [-0.2, 0) is 0 Å². The zero-order chi connectivity index (χ0) is 10.8. The van der Waals surface area contributed by atoms with Gasteiger partial charge in [-0.3, -0.25) is 0 Å². The standard InChI is InChI=1S/C10H12N4S/c1-6-3-8(11)9(12-4-6)14-10-13-7(2)5-15-10/h3-5H,11H2,1-2H3,(H,12,13,14). The van der Waals surface area contributed by atoms with Gasteiger partial charge < -0.3 is 11.1 Å². The number of nitrogens with zero attached hydrogens (tertiary/aromatic N) is 2. The van der Waals surface area contributed by atoms with Crippen molar-refractivity contribution in [3.05, 3.63) is 28.9 Å². The summed E-state index contributed by atoms with van der Waals surface area (Å²) in [6, 6.07) is 1.88. The normalized spacial score (nSPS) is 10.3. The summed E-state index contributed by atoms with van der Waals surface area (Å²) in [6.07, 6.45) is 1.78. The lowest BCUT2D eigenvalue weighted by Crippen LogP contribution is -1.99. The molecule has 15 heavy (non-hydrogen) atoms. The fourth-order valence-corrected chi connectivity index (χ4v) is 1.90. The third-order valence-corrected chi connectivity index (χ3v) is 2.77. The number of nitrogen functional groups attached to an aromatic ring is 1. The maximum Gasteiger partial charge on any atom is 0.188 e. The molecule has 0 saturated heterocycles. The number of aryl methyl sites for hydroxylation is 2. The molecule has 2 heterocycles. The number of nitrogens with two attached hydrogens (primary N) is 1. The molecule has 0 radical (unpaired) electrons. The Kier molecular flexibility index (Phi) is 2.55. The van der Waals surface area contributed by atoms with Crippen molar-refractivity contribution in [1.29, 1.82) is 0 Å². The van der Waals surface area contributed by atoms with Gasteiger partial charge in [0, 0.05) is 11.6 Å². The first-order chi connectivity index (χ1) is 7.15. The van der Waals surface area contributed by atoms with E-state index in [0.29, 0.717) is 11.5 Å². The van der Waals surface area contributed by atoms with E-state index < -0.39 is 0 Å². The van der Waals surface area contributed by atoms with Gasteiger partial charge in [0.25, 0.3) is 0 Å². The summed E-state index contributed by atoms with van der Waals surface area (Å²) in [5.41, 5.74) is 8.51. The van der Waals surface area contributed by atoms with Crippen molar-refractivity contribution >= 4 is 28.0 Å². The predicted molar refractivity (Wildman–Crippen MR) is 63.5 cm³/mol. The molecule has 2 aromatic rings. The zero-order valence-electron chi connectivity index (χ0n) is 8.61. The minimum Gasteiger partial charge on any atom is -0.396 e. The van der Waals surface area contributed by atoms with Crippen molar-refractivity contribution in [2.24, 2.45) is 0 Å². The van der Waals surface area contributed by atoms with Crippen LogP contribution in [0, 0.1) is 13.8 Å². The predicted octanol–water partition coefficient (Wildman–Crippen LogP) is 2.48. The molecule has 0 unspecified atom stereocenters. The van der Waals surface area contributed by atoms with Crippen molar-refractivity contribution in [3.63, 3.8) is 0 Å². The zero-order valence-corrected chi connectivity index (χ0v) is 9.43. The Morgan fingerprint density at radius 1 is 1.40 bits per heavy atom. The number of hydrogen-bond acceptors (Lipinski definition) is 5. The van der Waals surface area contributed by atoms with Crippen molar-refractivity contribution < 1.29 is 0 Å². The monoisotopic (exact) mass is 220 g/mol. The topological polar surface area (TPSA) is 63.8 Å². The van der Waals surface area contributed by atoms with Crippen LogP contribution in [0.15, 0.2) is 17.6 Å². The minimum atomic E-state index is 0.642. The largest absolute Gasteiger partial charge is 0.396 e. The first kappa shape index (κ1) is 9.92. The fraction of sp³-hybridized carbons (Fsp3) is 0.200. The summed E-state index contributed by atoms with van der Waals surface area (Å²) in [6.45, 7) is 3.91. The number of nitrogens with one attached hydrogen (secondary N) is 1. The van der Waals surface area contributed by atoms with Crippen molar-refractivity contribution in [2.45, 2.75) is 13.8 Å². The van der Waals surface area contributed by atoms with Crippen LogP contribution in [0.25, 0.3) is 0 Å². The maximum atomic E-state index is 5.83. The average Bonchev–Trinajstić information content (AvgIpc) is 2.56. The van der Waals surface area contributed by atoms with Crippen LogP contribution in [-0.4, -0.2) is 9.97 Å². The molecule has 0 aromatic carbocycles. The second kappa shape index (κ2) is 3.86. The molecule has 3 N–H and O–H groups in total. The molecule has 0 atom stereocenters. The third kappa shape index (κ3) is 2.24. The third-order valence-electron chi connectivity index (χ3n) is 1.90. The number of anilines is 3. The smallest absolute Gasteiger partial charge is 0.188 e. The quantitative estimate of drug-likeness (QED) is 0.816. The Labute approximate surface area is 92.2 Å². The molecule has 78 valence electrons. The number of rotatable bonds is 2. The van der Waals surface area contributed by atoms with Crippen molar-refractivity contribution in [3.8, 4) is 0 Å². The molecular formula is C10H12N4S. The summed E-state index contributed by atoms with van der Waals surface area (Å²) in [7, 11) is 0. The van der Waals surface area contributed by atoms with E-state index in [1.807, 2.05) is 25.3 Å². The minimum absolute atomic E-state index is 0.642. The lowest BCUT2D eigenvalue weighted by atomic mass is 10.3. The summed E-state index contributed by atoms with van der Waals surface area (Å²) in [5, 5.41) is 5.89. The Bertz CT molecular complexity index is 478. The molecule has 2 aromatic heterocycles. The van der Waals surface area contributed by atoms with Gasteiger partial charge in [0.15, 0.2) is 10.9 Å².